The maximum Gasteiger partial charge on any atom is 0.317 e. The Balaban J connectivity index is 2.56. The molecule has 0 aromatic rings. The van der Waals surface area contributed by atoms with Crippen LogP contribution < -0.4 is 0 Å². The van der Waals surface area contributed by atoms with Crippen molar-refractivity contribution in [3.05, 3.63) is 0 Å². The summed E-state index contributed by atoms with van der Waals surface area (Å²) >= 11 is 0. The van der Waals surface area contributed by atoms with E-state index in [1.165, 1.54) is 0 Å². The van der Waals surface area contributed by atoms with Crippen LogP contribution in [0, 0.1) is 5.92 Å². The molecule has 0 bridgehead atoms. The minimum Gasteiger partial charge on any atom is -0.465 e. The Morgan fingerprint density at radius 2 is 2.29 bits per heavy atom. The Morgan fingerprint density at radius 1 is 1.57 bits per heavy atom. The zero-order valence-corrected chi connectivity index (χ0v) is 8.78. The number of hydrogen-bond acceptors (Lipinski definition) is 4. The molecule has 0 aromatic carbocycles. The lowest BCUT2D eigenvalue weighted by Crippen LogP contribution is -2.44. The lowest BCUT2D eigenvalue weighted by Gasteiger charge is -2.29. The molecule has 1 saturated heterocycles. The monoisotopic (exact) mass is 199 g/mol. The summed E-state index contributed by atoms with van der Waals surface area (Å²) in [5, 5.41) is 0. The number of piperidine rings is 1. The van der Waals surface area contributed by atoms with Crippen molar-refractivity contribution in [2.45, 2.75) is 20.3 Å². The number of carbonyl (C=O) groups is 2. The molecular formula is C10H17NO3. The molecule has 0 spiro atoms. The van der Waals surface area contributed by atoms with E-state index >= 15 is 0 Å². The van der Waals surface area contributed by atoms with E-state index in [4.69, 9.17) is 4.74 Å². The van der Waals surface area contributed by atoms with Crippen molar-refractivity contribution in [3.8, 4) is 0 Å². The van der Waals surface area contributed by atoms with Gasteiger partial charge in [0.2, 0.25) is 0 Å². The van der Waals surface area contributed by atoms with Gasteiger partial charge in [0.15, 0.2) is 0 Å². The molecule has 0 aromatic heterocycles. The van der Waals surface area contributed by atoms with Crippen molar-refractivity contribution in [2.75, 3.05) is 26.2 Å². The lowest BCUT2D eigenvalue weighted by atomic mass is 9.97. The first-order chi connectivity index (χ1) is 6.69. The van der Waals surface area contributed by atoms with E-state index in [2.05, 4.69) is 4.90 Å². The largest absolute Gasteiger partial charge is 0.465 e. The fraction of sp³-hybridized carbons (Fsp3) is 0.800. The highest BCUT2D eigenvalue weighted by Gasteiger charge is 2.33. The van der Waals surface area contributed by atoms with E-state index in [1.54, 1.807) is 6.92 Å². The molecule has 0 amide bonds. The molecule has 0 unspecified atom stereocenters. The van der Waals surface area contributed by atoms with Gasteiger partial charge in [0.25, 0.3) is 0 Å². The molecule has 1 aliphatic heterocycles. The van der Waals surface area contributed by atoms with Crippen LogP contribution in [0.1, 0.15) is 20.3 Å². The molecule has 0 aliphatic carbocycles. The van der Waals surface area contributed by atoms with Gasteiger partial charge in [-0.05, 0) is 13.5 Å². The van der Waals surface area contributed by atoms with Crippen molar-refractivity contribution in [3.63, 3.8) is 0 Å². The molecular weight excluding hydrogens is 182 g/mol. The Bertz CT molecular complexity index is 227. The Kier molecular flexibility index (Phi) is 4.07. The Morgan fingerprint density at radius 3 is 2.86 bits per heavy atom. The molecule has 0 radical (unpaired) electrons. The quantitative estimate of drug-likeness (QED) is 0.489. The summed E-state index contributed by atoms with van der Waals surface area (Å²) in [6.07, 6.45) is 0.470. The van der Waals surface area contributed by atoms with Gasteiger partial charge in [-0.15, -0.1) is 0 Å². The van der Waals surface area contributed by atoms with Gasteiger partial charge in [-0.25, -0.2) is 0 Å². The number of rotatable bonds is 3. The molecule has 4 nitrogen and oxygen atoms in total. The highest BCUT2D eigenvalue weighted by atomic mass is 16.5. The third kappa shape index (κ3) is 2.54. The van der Waals surface area contributed by atoms with Gasteiger partial charge in [0.05, 0.1) is 6.61 Å². The van der Waals surface area contributed by atoms with E-state index in [0.29, 0.717) is 19.6 Å². The van der Waals surface area contributed by atoms with E-state index in [-0.39, 0.29) is 11.8 Å². The van der Waals surface area contributed by atoms with Crippen LogP contribution in [-0.4, -0.2) is 42.9 Å². The van der Waals surface area contributed by atoms with Crippen molar-refractivity contribution < 1.29 is 14.3 Å². The highest BCUT2D eigenvalue weighted by Crippen LogP contribution is 2.14. The predicted octanol–water partition coefficient (Wildman–Crippen LogP) is 0.460. The normalized spacial score (nSPS) is 23.6. The van der Waals surface area contributed by atoms with Crippen LogP contribution in [0.4, 0.5) is 0 Å². The number of likely N-dealkylation sites (tertiary alicyclic amines) is 1. The number of carbonyl (C=O) groups excluding carboxylic acids is 2. The summed E-state index contributed by atoms with van der Waals surface area (Å²) in [5.74, 6) is -0.896. The third-order valence-corrected chi connectivity index (χ3v) is 2.52. The lowest BCUT2D eigenvalue weighted by molar-refractivity contribution is -0.153. The van der Waals surface area contributed by atoms with Gasteiger partial charge in [0.1, 0.15) is 11.7 Å². The average molecular weight is 199 g/mol. The van der Waals surface area contributed by atoms with Crippen molar-refractivity contribution in [2.24, 2.45) is 5.92 Å². The number of Topliss-reactive ketones (excluding diaryl/α,β-unsaturated/α-hetero) is 1. The predicted molar refractivity (Wildman–Crippen MR) is 51.9 cm³/mol. The summed E-state index contributed by atoms with van der Waals surface area (Å²) in [6, 6.07) is 0. The molecule has 80 valence electrons. The number of ketones is 1. The number of ether oxygens (including phenoxy) is 1. The van der Waals surface area contributed by atoms with Crippen LogP contribution in [0.2, 0.25) is 0 Å². The smallest absolute Gasteiger partial charge is 0.317 e. The summed E-state index contributed by atoms with van der Waals surface area (Å²) in [6.45, 7) is 6.29. The van der Waals surface area contributed by atoms with Gasteiger partial charge in [-0.1, -0.05) is 6.92 Å². The molecule has 4 heteroatoms. The number of hydrogen-bond donors (Lipinski definition) is 0. The molecule has 0 N–H and O–H groups in total. The van der Waals surface area contributed by atoms with Gasteiger partial charge in [-0.2, -0.15) is 0 Å². The van der Waals surface area contributed by atoms with E-state index < -0.39 is 5.92 Å². The maximum atomic E-state index is 11.4. The Labute approximate surface area is 84.2 Å². The zero-order valence-electron chi connectivity index (χ0n) is 8.78. The van der Waals surface area contributed by atoms with Crippen LogP contribution in [0.3, 0.4) is 0 Å². The first-order valence-corrected chi connectivity index (χ1v) is 5.10. The van der Waals surface area contributed by atoms with Crippen LogP contribution in [0.15, 0.2) is 0 Å². The average Bonchev–Trinajstić information content (AvgIpc) is 2.19. The van der Waals surface area contributed by atoms with Crippen molar-refractivity contribution in [1.82, 2.24) is 4.90 Å². The fourth-order valence-electron chi connectivity index (χ4n) is 1.63. The summed E-state index contributed by atoms with van der Waals surface area (Å²) in [7, 11) is 0. The molecule has 1 atom stereocenters. The van der Waals surface area contributed by atoms with Crippen LogP contribution in [0.5, 0.6) is 0 Å². The molecule has 1 aliphatic rings. The Hall–Kier alpha value is -0.900. The summed E-state index contributed by atoms with van der Waals surface area (Å²) < 4.78 is 4.86. The minimum absolute atomic E-state index is 0.0214. The topological polar surface area (TPSA) is 46.6 Å². The third-order valence-electron chi connectivity index (χ3n) is 2.52. The first-order valence-electron chi connectivity index (χ1n) is 5.10. The van der Waals surface area contributed by atoms with Gasteiger partial charge >= 0.3 is 5.97 Å². The van der Waals surface area contributed by atoms with Crippen molar-refractivity contribution in [1.29, 1.82) is 0 Å². The second kappa shape index (κ2) is 5.10. The van der Waals surface area contributed by atoms with E-state index in [1.807, 2.05) is 6.92 Å². The summed E-state index contributed by atoms with van der Waals surface area (Å²) in [5.41, 5.74) is 0. The van der Waals surface area contributed by atoms with E-state index in [0.717, 1.165) is 13.1 Å². The zero-order chi connectivity index (χ0) is 10.6. The summed E-state index contributed by atoms with van der Waals surface area (Å²) in [4.78, 5) is 24.9. The highest BCUT2D eigenvalue weighted by molar-refractivity contribution is 5.99. The van der Waals surface area contributed by atoms with Crippen LogP contribution >= 0.6 is 0 Å². The van der Waals surface area contributed by atoms with Gasteiger partial charge in [0, 0.05) is 19.5 Å². The van der Waals surface area contributed by atoms with Crippen LogP contribution in [-0.2, 0) is 14.3 Å². The van der Waals surface area contributed by atoms with Crippen molar-refractivity contribution >= 4 is 11.8 Å². The second-order valence-corrected chi connectivity index (χ2v) is 3.41. The molecule has 1 fully saturated rings. The second-order valence-electron chi connectivity index (χ2n) is 3.41. The first kappa shape index (κ1) is 11.2. The molecule has 1 heterocycles. The molecule has 14 heavy (non-hydrogen) atoms. The van der Waals surface area contributed by atoms with E-state index in [9.17, 15) is 9.59 Å². The minimum atomic E-state index is -0.552. The SMILES string of the molecule is CCOC(=O)[C@@H]1CN(CC)CCC1=O. The van der Waals surface area contributed by atoms with Gasteiger partial charge in [-0.3, -0.25) is 9.59 Å². The van der Waals surface area contributed by atoms with Gasteiger partial charge < -0.3 is 9.64 Å². The standard InChI is InChI=1S/C10H17NO3/c1-3-11-6-5-9(12)8(7-11)10(13)14-4-2/h8H,3-7H2,1-2H3/t8-/m1/s1. The van der Waals surface area contributed by atoms with Crippen LogP contribution in [0.25, 0.3) is 0 Å². The fourth-order valence-corrected chi connectivity index (χ4v) is 1.63. The molecule has 1 rings (SSSR count). The number of nitrogens with zero attached hydrogens (tertiary/aromatic N) is 1. The maximum absolute atomic E-state index is 11.4. The molecule has 0 saturated carbocycles. The number of esters is 1.